The van der Waals surface area contributed by atoms with Gasteiger partial charge in [0.05, 0.1) is 19.3 Å². The SMILES string of the molecule is CC1(C)S[C@@H]2[C@H](NC(=O)C(NC(=O)N3CCN(S(C)(=O)=O)C3=O)c3ccccc3)C(=O)N2[C@H]1C(=O)O.[KH]. The van der Waals surface area contributed by atoms with Crippen molar-refractivity contribution in [3.63, 3.8) is 0 Å². The number of aliphatic carboxylic acids is 1. The number of carboxylic acids is 1. The van der Waals surface area contributed by atoms with E-state index in [1.165, 1.54) is 16.7 Å². The van der Waals surface area contributed by atoms with Crippen LogP contribution in [0.2, 0.25) is 0 Å². The monoisotopic (exact) mass is 579 g/mol. The average molecular weight is 580 g/mol. The van der Waals surface area contributed by atoms with Gasteiger partial charge in [0.1, 0.15) is 23.5 Å². The van der Waals surface area contributed by atoms with E-state index in [-0.39, 0.29) is 64.5 Å². The molecule has 0 spiro atoms. The summed E-state index contributed by atoms with van der Waals surface area (Å²) in [4.78, 5) is 65.0. The Morgan fingerprint density at radius 3 is 2.30 bits per heavy atom. The molecule has 1 aromatic rings. The van der Waals surface area contributed by atoms with E-state index in [4.69, 9.17) is 0 Å². The van der Waals surface area contributed by atoms with Gasteiger partial charge >= 0.3 is 69.4 Å². The molecule has 37 heavy (non-hydrogen) atoms. The zero-order valence-electron chi connectivity index (χ0n) is 19.6. The first kappa shape index (κ1) is 29.9. The van der Waals surface area contributed by atoms with Gasteiger partial charge in [-0.25, -0.2) is 32.0 Å². The van der Waals surface area contributed by atoms with Crippen LogP contribution in [0, 0.1) is 0 Å². The maximum atomic E-state index is 13.3. The molecule has 0 radical (unpaired) electrons. The molecule has 4 rings (SSSR count). The van der Waals surface area contributed by atoms with Crippen LogP contribution in [0.5, 0.6) is 0 Å². The van der Waals surface area contributed by atoms with Crippen LogP contribution in [0.3, 0.4) is 0 Å². The number of benzene rings is 1. The number of imide groups is 1. The molecule has 3 heterocycles. The Bertz CT molecular complexity index is 1240. The van der Waals surface area contributed by atoms with Gasteiger partial charge in [-0.3, -0.25) is 9.59 Å². The van der Waals surface area contributed by atoms with Crippen molar-refractivity contribution in [1.82, 2.24) is 24.7 Å². The molecule has 4 atom stereocenters. The van der Waals surface area contributed by atoms with Gasteiger partial charge in [0.15, 0.2) is 0 Å². The number of carboxylic acid groups (broad SMARTS) is 1. The first-order valence-electron chi connectivity index (χ1n) is 10.9. The second-order valence-corrected chi connectivity index (χ2v) is 12.8. The molecule has 3 N–H and O–H groups in total. The van der Waals surface area contributed by atoms with Gasteiger partial charge in [-0.2, -0.15) is 0 Å². The topological polar surface area (TPSA) is 173 Å². The van der Waals surface area contributed by atoms with E-state index in [0.29, 0.717) is 14.8 Å². The summed E-state index contributed by atoms with van der Waals surface area (Å²) in [5.41, 5.74) is 0.362. The van der Waals surface area contributed by atoms with E-state index in [0.717, 1.165) is 6.26 Å². The van der Waals surface area contributed by atoms with E-state index in [1.54, 1.807) is 44.2 Å². The minimum atomic E-state index is -3.87. The second-order valence-electron chi connectivity index (χ2n) is 9.15. The Balaban J connectivity index is 0.00000380. The number of nitrogens with one attached hydrogen (secondary N) is 2. The number of rotatable bonds is 6. The Morgan fingerprint density at radius 2 is 1.76 bits per heavy atom. The first-order valence-corrected chi connectivity index (χ1v) is 13.6. The van der Waals surface area contributed by atoms with Gasteiger partial charge in [-0.15, -0.1) is 11.8 Å². The van der Waals surface area contributed by atoms with Crippen molar-refractivity contribution < 1.29 is 37.5 Å². The van der Waals surface area contributed by atoms with Gasteiger partial charge in [-0.1, -0.05) is 30.3 Å². The van der Waals surface area contributed by atoms with Gasteiger partial charge < -0.3 is 20.6 Å². The van der Waals surface area contributed by atoms with Gasteiger partial charge in [0.2, 0.25) is 21.8 Å². The number of carbonyl (C=O) groups is 5. The molecule has 1 unspecified atom stereocenters. The molecule has 196 valence electrons. The van der Waals surface area contributed by atoms with E-state index in [9.17, 15) is 37.5 Å². The number of β-lactam (4-membered cyclic amide) rings is 1. The van der Waals surface area contributed by atoms with Gasteiger partial charge in [0.25, 0.3) is 0 Å². The number of nitrogens with zero attached hydrogens (tertiary/aromatic N) is 3. The summed E-state index contributed by atoms with van der Waals surface area (Å²) in [5, 5.41) is 14.0. The predicted molar refractivity (Wildman–Crippen MR) is 134 cm³/mol. The molecule has 3 aliphatic rings. The van der Waals surface area contributed by atoms with Crippen LogP contribution in [0.15, 0.2) is 30.3 Å². The molecule has 3 saturated heterocycles. The summed E-state index contributed by atoms with van der Waals surface area (Å²) in [6.45, 7) is 3.02. The Morgan fingerprint density at radius 1 is 1.14 bits per heavy atom. The quantitative estimate of drug-likeness (QED) is 0.286. The van der Waals surface area contributed by atoms with Crippen LogP contribution in [-0.4, -0.2) is 150 Å². The summed E-state index contributed by atoms with van der Waals surface area (Å²) in [5.74, 6) is -2.42. The van der Waals surface area contributed by atoms with Crippen LogP contribution in [0.1, 0.15) is 25.5 Å². The summed E-state index contributed by atoms with van der Waals surface area (Å²) >= 11 is 1.26. The number of carbonyl (C=O) groups excluding carboxylic acids is 4. The number of hydrogen-bond donors (Lipinski definition) is 3. The van der Waals surface area contributed by atoms with Crippen molar-refractivity contribution in [2.75, 3.05) is 19.3 Å². The maximum absolute atomic E-state index is 13.3. The van der Waals surface area contributed by atoms with Crippen molar-refractivity contribution >= 4 is 103 Å². The molecule has 0 aliphatic carbocycles. The normalized spacial score (nSPS) is 25.1. The van der Waals surface area contributed by atoms with E-state index >= 15 is 0 Å². The van der Waals surface area contributed by atoms with E-state index in [1.807, 2.05) is 0 Å². The number of sulfonamides is 1. The number of amides is 6. The molecule has 1 aromatic carbocycles. The predicted octanol–water partition coefficient (Wildman–Crippen LogP) is -0.882. The second kappa shape index (κ2) is 10.8. The van der Waals surface area contributed by atoms with Crippen molar-refractivity contribution in [3.8, 4) is 0 Å². The third-order valence-corrected chi connectivity index (χ3v) is 8.96. The molecule has 13 nitrogen and oxygen atoms in total. The molecule has 0 saturated carbocycles. The van der Waals surface area contributed by atoms with Crippen LogP contribution in [0.25, 0.3) is 0 Å². The molecule has 6 amide bonds. The van der Waals surface area contributed by atoms with E-state index < -0.39 is 68.1 Å². The summed E-state index contributed by atoms with van der Waals surface area (Å²) in [6.07, 6.45) is 0.850. The van der Waals surface area contributed by atoms with Crippen molar-refractivity contribution in [2.45, 2.75) is 42.1 Å². The fourth-order valence-corrected chi connectivity index (χ4v) is 6.96. The zero-order valence-corrected chi connectivity index (χ0v) is 21.2. The average Bonchev–Trinajstić information content (AvgIpc) is 3.31. The zero-order chi connectivity index (χ0) is 26.6. The fraction of sp³-hybridized carbons (Fsp3) is 0.476. The Kier molecular flexibility index (Phi) is 8.73. The number of thioether (sulfide) groups is 1. The van der Waals surface area contributed by atoms with Crippen LogP contribution in [-0.2, 0) is 24.4 Å². The van der Waals surface area contributed by atoms with Crippen molar-refractivity contribution in [3.05, 3.63) is 35.9 Å². The van der Waals surface area contributed by atoms with Gasteiger partial charge in [-0.05, 0) is 19.4 Å². The first-order chi connectivity index (χ1) is 16.7. The Hall–Kier alpha value is -1.69. The summed E-state index contributed by atoms with van der Waals surface area (Å²) in [7, 11) is -3.87. The minimum absolute atomic E-state index is 0. The van der Waals surface area contributed by atoms with Crippen LogP contribution >= 0.6 is 11.8 Å². The third-order valence-electron chi connectivity index (χ3n) is 6.25. The molecule has 3 fully saturated rings. The molecular weight excluding hydrogens is 553 g/mol. The van der Waals surface area contributed by atoms with Crippen molar-refractivity contribution in [2.24, 2.45) is 0 Å². The van der Waals surface area contributed by atoms with Crippen LogP contribution < -0.4 is 10.6 Å². The molecule has 3 aliphatic heterocycles. The molecule has 0 bridgehead atoms. The van der Waals surface area contributed by atoms with Crippen LogP contribution in [0.4, 0.5) is 9.59 Å². The summed E-state index contributed by atoms with van der Waals surface area (Å²) in [6, 6.07) is 2.76. The standard InChI is InChI=1S/C21H25N5O8S2.K.H/c1-21(2)14(18(29)30)26-16(28)13(17(26)35-21)22-15(27)12(11-7-5-4-6-8-11)23-19(31)24-9-10-25(20(24)32)36(3,33)34;;/h4-8,12-14,17H,9-10H2,1-3H3,(H,22,27)(H,23,31)(H,29,30);;/t12?,13-,14+,17-;;/m1../s1. The molecular formula is C21H26KN5O8S2. The third kappa shape index (κ3) is 5.55. The number of hydrogen-bond acceptors (Lipinski definition) is 8. The van der Waals surface area contributed by atoms with Gasteiger partial charge in [0, 0.05) is 4.75 Å². The molecule has 0 aromatic heterocycles. The Labute approximate surface area is 260 Å². The fourth-order valence-electron chi connectivity index (χ4n) is 4.54. The number of urea groups is 2. The van der Waals surface area contributed by atoms with Crippen molar-refractivity contribution in [1.29, 1.82) is 0 Å². The molecule has 16 heteroatoms. The summed E-state index contributed by atoms with van der Waals surface area (Å²) < 4.78 is 23.3. The van der Waals surface area contributed by atoms with E-state index in [2.05, 4.69) is 10.6 Å². The number of fused-ring (bicyclic) bond motifs is 1.